The van der Waals surface area contributed by atoms with Crippen molar-refractivity contribution in [3.05, 3.63) is 35.5 Å². The Kier molecular flexibility index (Phi) is 8.83. The molecule has 1 aliphatic heterocycles. The fourth-order valence-electron chi connectivity index (χ4n) is 4.74. The Morgan fingerprint density at radius 2 is 1.86 bits per heavy atom. The lowest BCUT2D eigenvalue weighted by Gasteiger charge is -2.33. The van der Waals surface area contributed by atoms with E-state index in [0.717, 1.165) is 61.4 Å². The van der Waals surface area contributed by atoms with Crippen molar-refractivity contribution < 1.29 is 9.84 Å². The number of ether oxygens (including phenoxy) is 1. The van der Waals surface area contributed by atoms with Crippen molar-refractivity contribution in [2.45, 2.75) is 82.1 Å². The zero-order chi connectivity index (χ0) is 24.8. The molecule has 2 aliphatic rings. The van der Waals surface area contributed by atoms with Crippen LogP contribution < -0.4 is 21.7 Å². The van der Waals surface area contributed by atoms with Gasteiger partial charge in [-0.25, -0.2) is 9.97 Å². The maximum absolute atomic E-state index is 9.75. The molecule has 2 aromatic heterocycles. The standard InChI is InChI=1S/C26H39ClN6O2/c1-17(18(2)34)31-19-6-8-20(9-7-19)32-25-14-21(22(27)15-29-25)23-4-3-5-24(33-23)30-16-26(28)10-12-35-13-11-26/h3-5,14-15,17-20,31,34H,6-13,16,28H2,1-2H3,(H,29,32)(H,30,33)/t17-,18+,19?,20?/m0/s1. The molecule has 2 aromatic rings. The summed E-state index contributed by atoms with van der Waals surface area (Å²) < 4.78 is 5.44. The van der Waals surface area contributed by atoms with Gasteiger partial charge in [-0.2, -0.15) is 0 Å². The smallest absolute Gasteiger partial charge is 0.126 e. The molecular weight excluding hydrogens is 464 g/mol. The number of hydrogen-bond donors (Lipinski definition) is 5. The van der Waals surface area contributed by atoms with Crippen LogP contribution in [0.5, 0.6) is 0 Å². The van der Waals surface area contributed by atoms with E-state index in [2.05, 4.69) is 20.9 Å². The molecule has 6 N–H and O–H groups in total. The third kappa shape index (κ3) is 7.27. The van der Waals surface area contributed by atoms with Crippen LogP contribution in [0.15, 0.2) is 30.5 Å². The van der Waals surface area contributed by atoms with E-state index < -0.39 is 0 Å². The molecule has 2 atom stereocenters. The number of nitrogens with one attached hydrogen (secondary N) is 3. The molecule has 0 unspecified atom stereocenters. The summed E-state index contributed by atoms with van der Waals surface area (Å²) in [6.07, 6.45) is 7.25. The highest BCUT2D eigenvalue weighted by Crippen LogP contribution is 2.30. The van der Waals surface area contributed by atoms with E-state index in [4.69, 9.17) is 27.1 Å². The topological polar surface area (TPSA) is 117 Å². The average molecular weight is 503 g/mol. The monoisotopic (exact) mass is 502 g/mol. The van der Waals surface area contributed by atoms with Crippen molar-refractivity contribution in [2.24, 2.45) is 5.73 Å². The Balaban J connectivity index is 1.37. The number of nitrogens with zero attached hydrogens (tertiary/aromatic N) is 2. The second kappa shape index (κ2) is 11.8. The van der Waals surface area contributed by atoms with Crippen LogP contribution in [0.3, 0.4) is 0 Å². The number of nitrogens with two attached hydrogens (primary N) is 1. The van der Waals surface area contributed by atoms with Crippen LogP contribution in [0.25, 0.3) is 11.3 Å². The number of pyridine rings is 2. The number of anilines is 2. The van der Waals surface area contributed by atoms with Crippen LogP contribution in [0.2, 0.25) is 5.02 Å². The minimum atomic E-state index is -0.344. The fourth-order valence-corrected chi connectivity index (χ4v) is 4.94. The molecule has 8 nitrogen and oxygen atoms in total. The van der Waals surface area contributed by atoms with Crippen molar-refractivity contribution in [1.82, 2.24) is 15.3 Å². The zero-order valence-electron chi connectivity index (χ0n) is 20.8. The molecule has 192 valence electrons. The summed E-state index contributed by atoms with van der Waals surface area (Å²) in [6, 6.07) is 8.78. The maximum Gasteiger partial charge on any atom is 0.126 e. The van der Waals surface area contributed by atoms with Gasteiger partial charge in [0.25, 0.3) is 0 Å². The van der Waals surface area contributed by atoms with E-state index in [0.29, 0.717) is 36.9 Å². The zero-order valence-corrected chi connectivity index (χ0v) is 21.5. The van der Waals surface area contributed by atoms with Crippen LogP contribution in [0, 0.1) is 0 Å². The first-order valence-corrected chi connectivity index (χ1v) is 13.1. The number of aliphatic hydroxyl groups excluding tert-OH is 1. The molecule has 1 saturated carbocycles. The van der Waals surface area contributed by atoms with E-state index in [9.17, 15) is 5.11 Å². The molecule has 0 radical (unpaired) electrons. The number of halogens is 1. The van der Waals surface area contributed by atoms with Gasteiger partial charge in [0.15, 0.2) is 0 Å². The Bertz CT molecular complexity index is 961. The Morgan fingerprint density at radius 1 is 1.14 bits per heavy atom. The van der Waals surface area contributed by atoms with E-state index in [-0.39, 0.29) is 17.7 Å². The lowest BCUT2D eigenvalue weighted by atomic mass is 9.90. The quantitative estimate of drug-likeness (QED) is 0.351. The molecule has 35 heavy (non-hydrogen) atoms. The molecule has 0 bridgehead atoms. The Morgan fingerprint density at radius 3 is 2.57 bits per heavy atom. The molecular formula is C26H39ClN6O2. The number of aromatic nitrogens is 2. The van der Waals surface area contributed by atoms with E-state index >= 15 is 0 Å². The fraction of sp³-hybridized carbons (Fsp3) is 0.615. The predicted octanol–water partition coefficient (Wildman–Crippen LogP) is 3.80. The van der Waals surface area contributed by atoms with E-state index in [1.807, 2.05) is 38.1 Å². The molecule has 0 spiro atoms. The molecule has 0 aromatic carbocycles. The van der Waals surface area contributed by atoms with Crippen molar-refractivity contribution in [2.75, 3.05) is 30.4 Å². The van der Waals surface area contributed by atoms with Gasteiger partial charge in [0.05, 0.1) is 16.8 Å². The number of hydrogen-bond acceptors (Lipinski definition) is 8. The summed E-state index contributed by atoms with van der Waals surface area (Å²) in [4.78, 5) is 9.31. The average Bonchev–Trinajstić information content (AvgIpc) is 2.86. The minimum Gasteiger partial charge on any atom is -0.392 e. The van der Waals surface area contributed by atoms with Crippen molar-refractivity contribution in [1.29, 1.82) is 0 Å². The molecule has 4 rings (SSSR count). The van der Waals surface area contributed by atoms with E-state index in [1.165, 1.54) is 0 Å². The first-order valence-electron chi connectivity index (χ1n) is 12.8. The van der Waals surface area contributed by atoms with Crippen LogP contribution in [0.1, 0.15) is 52.4 Å². The summed E-state index contributed by atoms with van der Waals surface area (Å²) in [5.74, 6) is 1.58. The van der Waals surface area contributed by atoms with Crippen molar-refractivity contribution in [3.8, 4) is 11.3 Å². The van der Waals surface area contributed by atoms with Crippen molar-refractivity contribution >= 4 is 23.2 Å². The van der Waals surface area contributed by atoms with Crippen LogP contribution in [-0.2, 0) is 4.74 Å². The molecule has 2 fully saturated rings. The molecule has 0 amide bonds. The lowest BCUT2D eigenvalue weighted by molar-refractivity contribution is 0.0574. The van der Waals surface area contributed by atoms with Crippen LogP contribution in [-0.4, -0.2) is 64.6 Å². The van der Waals surface area contributed by atoms with Crippen LogP contribution >= 0.6 is 11.6 Å². The predicted molar refractivity (Wildman–Crippen MR) is 142 cm³/mol. The summed E-state index contributed by atoms with van der Waals surface area (Å²) in [5, 5.41) is 20.8. The van der Waals surface area contributed by atoms with Crippen molar-refractivity contribution in [3.63, 3.8) is 0 Å². The normalized spacial score (nSPS) is 23.9. The maximum atomic E-state index is 9.75. The number of aliphatic hydroxyl groups is 1. The highest BCUT2D eigenvalue weighted by Gasteiger charge is 2.28. The third-order valence-corrected chi connectivity index (χ3v) is 7.59. The third-order valence-electron chi connectivity index (χ3n) is 7.29. The van der Waals surface area contributed by atoms with E-state index in [1.54, 1.807) is 6.20 Å². The van der Waals surface area contributed by atoms with Gasteiger partial charge in [0.2, 0.25) is 0 Å². The first kappa shape index (κ1) is 26.1. The molecule has 3 heterocycles. The Hall–Kier alpha value is -1.97. The van der Waals surface area contributed by atoms with Gasteiger partial charge in [-0.3, -0.25) is 0 Å². The first-order chi connectivity index (χ1) is 16.8. The molecule has 1 saturated heterocycles. The second-order valence-corrected chi connectivity index (χ2v) is 10.6. The molecule has 1 aliphatic carbocycles. The van der Waals surface area contributed by atoms with Gasteiger partial charge < -0.3 is 31.5 Å². The SMILES string of the molecule is C[C@H](NC1CCC(Nc2cc(-c3cccc(NCC4(N)CCOCC4)n3)c(Cl)cn2)CC1)[C@@H](C)O. The van der Waals surface area contributed by atoms with Gasteiger partial charge in [-0.15, -0.1) is 0 Å². The van der Waals surface area contributed by atoms with Crippen LogP contribution in [0.4, 0.5) is 11.6 Å². The second-order valence-electron chi connectivity index (χ2n) is 10.2. The highest BCUT2D eigenvalue weighted by atomic mass is 35.5. The largest absolute Gasteiger partial charge is 0.392 e. The van der Waals surface area contributed by atoms with Gasteiger partial charge in [0, 0.05) is 55.2 Å². The molecule has 9 heteroatoms. The lowest BCUT2D eigenvalue weighted by Crippen LogP contribution is -2.50. The van der Waals surface area contributed by atoms with Gasteiger partial charge >= 0.3 is 0 Å². The summed E-state index contributed by atoms with van der Waals surface area (Å²) in [6.45, 7) is 5.92. The summed E-state index contributed by atoms with van der Waals surface area (Å²) >= 11 is 6.53. The highest BCUT2D eigenvalue weighted by molar-refractivity contribution is 6.33. The van der Waals surface area contributed by atoms with Gasteiger partial charge in [-0.1, -0.05) is 17.7 Å². The minimum absolute atomic E-state index is 0.106. The Labute approximate surface area is 213 Å². The summed E-state index contributed by atoms with van der Waals surface area (Å²) in [7, 11) is 0. The summed E-state index contributed by atoms with van der Waals surface area (Å²) in [5.41, 5.74) is 7.88. The van der Waals surface area contributed by atoms with Gasteiger partial charge in [0.1, 0.15) is 11.6 Å². The van der Waals surface area contributed by atoms with Gasteiger partial charge in [-0.05, 0) is 70.6 Å². The number of rotatable bonds is 9.